The summed E-state index contributed by atoms with van der Waals surface area (Å²) in [5.41, 5.74) is 2.63. The lowest BCUT2D eigenvalue weighted by Gasteiger charge is -2.09. The minimum atomic E-state index is -0.222. The molecule has 0 bridgehead atoms. The van der Waals surface area contributed by atoms with Gasteiger partial charge in [-0.2, -0.15) is 0 Å². The molecule has 1 heterocycles. The molecule has 0 aliphatic heterocycles. The molecule has 0 aliphatic rings. The van der Waals surface area contributed by atoms with Crippen LogP contribution >= 0.6 is 0 Å². The lowest BCUT2D eigenvalue weighted by atomic mass is 10.0. The van der Waals surface area contributed by atoms with Crippen molar-refractivity contribution >= 4 is 0 Å². The zero-order valence-corrected chi connectivity index (χ0v) is 14.3. The largest absolute Gasteiger partial charge is 0.497 e. The second-order valence-corrected chi connectivity index (χ2v) is 5.30. The summed E-state index contributed by atoms with van der Waals surface area (Å²) in [5, 5.41) is 14.1. The Labute approximate surface area is 145 Å². The van der Waals surface area contributed by atoms with Crippen LogP contribution in [0.2, 0.25) is 0 Å². The highest BCUT2D eigenvalue weighted by atomic mass is 16.5. The SMILES string of the molecule is COc1cccc(-c2noc(-c3ccc(OC)cc3OC)c2CO)c1. The van der Waals surface area contributed by atoms with E-state index < -0.39 is 0 Å². The van der Waals surface area contributed by atoms with Gasteiger partial charge in [0.1, 0.15) is 22.9 Å². The van der Waals surface area contributed by atoms with Crippen LogP contribution < -0.4 is 14.2 Å². The minimum absolute atomic E-state index is 0.222. The van der Waals surface area contributed by atoms with E-state index >= 15 is 0 Å². The van der Waals surface area contributed by atoms with Crippen LogP contribution in [0, 0.1) is 0 Å². The highest BCUT2D eigenvalue weighted by Gasteiger charge is 2.21. The van der Waals surface area contributed by atoms with Crippen molar-refractivity contribution < 1.29 is 23.8 Å². The Kier molecular flexibility index (Phi) is 4.90. The molecule has 0 spiro atoms. The summed E-state index contributed by atoms with van der Waals surface area (Å²) >= 11 is 0. The molecule has 2 aromatic carbocycles. The fraction of sp³-hybridized carbons (Fsp3) is 0.211. The molecule has 0 fully saturated rings. The molecule has 0 amide bonds. The van der Waals surface area contributed by atoms with Crippen LogP contribution in [0.5, 0.6) is 17.2 Å². The normalized spacial score (nSPS) is 10.6. The number of hydrogen-bond donors (Lipinski definition) is 1. The lowest BCUT2D eigenvalue weighted by Crippen LogP contribution is -1.93. The number of ether oxygens (including phenoxy) is 3. The Hall–Kier alpha value is -2.99. The average Bonchev–Trinajstić information content (AvgIpc) is 3.11. The predicted octanol–water partition coefficient (Wildman–Crippen LogP) is 3.53. The highest BCUT2D eigenvalue weighted by Crippen LogP contribution is 2.39. The summed E-state index contributed by atoms with van der Waals surface area (Å²) in [7, 11) is 4.75. The molecule has 1 N–H and O–H groups in total. The van der Waals surface area contributed by atoms with Crippen molar-refractivity contribution in [2.45, 2.75) is 6.61 Å². The molecule has 0 radical (unpaired) electrons. The van der Waals surface area contributed by atoms with Gasteiger partial charge in [0, 0.05) is 11.6 Å². The molecule has 0 aliphatic carbocycles. The lowest BCUT2D eigenvalue weighted by molar-refractivity contribution is 0.281. The first-order valence-electron chi connectivity index (χ1n) is 7.68. The van der Waals surface area contributed by atoms with Gasteiger partial charge in [-0.1, -0.05) is 17.3 Å². The number of rotatable bonds is 6. The maximum absolute atomic E-state index is 9.90. The van der Waals surface area contributed by atoms with Gasteiger partial charge in [0.25, 0.3) is 0 Å². The van der Waals surface area contributed by atoms with E-state index in [1.165, 1.54) is 0 Å². The van der Waals surface area contributed by atoms with Crippen molar-refractivity contribution in [3.05, 3.63) is 48.0 Å². The number of methoxy groups -OCH3 is 3. The maximum Gasteiger partial charge on any atom is 0.176 e. The fourth-order valence-corrected chi connectivity index (χ4v) is 2.65. The van der Waals surface area contributed by atoms with Crippen molar-refractivity contribution in [1.82, 2.24) is 5.16 Å². The number of aliphatic hydroxyl groups excluding tert-OH is 1. The molecule has 1 aromatic heterocycles. The van der Waals surface area contributed by atoms with Crippen molar-refractivity contribution in [2.24, 2.45) is 0 Å². The molecule has 25 heavy (non-hydrogen) atoms. The minimum Gasteiger partial charge on any atom is -0.497 e. The van der Waals surface area contributed by atoms with E-state index in [1.807, 2.05) is 30.3 Å². The van der Waals surface area contributed by atoms with E-state index in [9.17, 15) is 5.11 Å². The second kappa shape index (κ2) is 7.27. The van der Waals surface area contributed by atoms with Gasteiger partial charge >= 0.3 is 0 Å². The van der Waals surface area contributed by atoms with Crippen LogP contribution in [-0.4, -0.2) is 31.6 Å². The van der Waals surface area contributed by atoms with Crippen LogP contribution in [-0.2, 0) is 6.61 Å². The van der Waals surface area contributed by atoms with Gasteiger partial charge in [-0.05, 0) is 24.3 Å². The molecule has 130 valence electrons. The number of nitrogens with zero attached hydrogens (tertiary/aromatic N) is 1. The van der Waals surface area contributed by atoms with E-state index in [1.54, 1.807) is 33.5 Å². The van der Waals surface area contributed by atoms with Crippen LogP contribution in [0.15, 0.2) is 47.0 Å². The Morgan fingerprint density at radius 2 is 1.72 bits per heavy atom. The smallest absolute Gasteiger partial charge is 0.176 e. The first kappa shape index (κ1) is 16.9. The van der Waals surface area contributed by atoms with E-state index in [0.29, 0.717) is 39.8 Å². The summed E-state index contributed by atoms with van der Waals surface area (Å²) in [6, 6.07) is 12.8. The van der Waals surface area contributed by atoms with E-state index in [4.69, 9.17) is 18.7 Å². The third-order valence-electron chi connectivity index (χ3n) is 3.94. The number of benzene rings is 2. The molecule has 3 rings (SSSR count). The van der Waals surface area contributed by atoms with Crippen molar-refractivity contribution in [3.63, 3.8) is 0 Å². The monoisotopic (exact) mass is 341 g/mol. The van der Waals surface area contributed by atoms with Crippen molar-refractivity contribution in [3.8, 4) is 39.8 Å². The quantitative estimate of drug-likeness (QED) is 0.739. The summed E-state index contributed by atoms with van der Waals surface area (Å²) < 4.78 is 21.4. The zero-order valence-electron chi connectivity index (χ0n) is 14.3. The standard InChI is InChI=1S/C19H19NO5/c1-22-13-6-4-5-12(9-13)18-16(11-21)19(25-20-18)15-8-7-14(23-2)10-17(15)24-3/h4-10,21H,11H2,1-3H3. The molecular weight excluding hydrogens is 322 g/mol. The first-order chi connectivity index (χ1) is 12.2. The third-order valence-corrected chi connectivity index (χ3v) is 3.94. The Morgan fingerprint density at radius 3 is 2.40 bits per heavy atom. The predicted molar refractivity (Wildman–Crippen MR) is 93.0 cm³/mol. The van der Waals surface area contributed by atoms with Crippen LogP contribution in [0.25, 0.3) is 22.6 Å². The molecule has 6 nitrogen and oxygen atoms in total. The Bertz CT molecular complexity index is 872. The van der Waals surface area contributed by atoms with Crippen LogP contribution in [0.4, 0.5) is 0 Å². The first-order valence-corrected chi connectivity index (χ1v) is 7.68. The second-order valence-electron chi connectivity index (χ2n) is 5.30. The van der Waals surface area contributed by atoms with Gasteiger partial charge in [0.2, 0.25) is 0 Å². The van der Waals surface area contributed by atoms with Gasteiger partial charge in [0.05, 0.1) is 39.1 Å². The van der Waals surface area contributed by atoms with Crippen LogP contribution in [0.1, 0.15) is 5.56 Å². The number of aromatic nitrogens is 1. The summed E-state index contributed by atoms with van der Waals surface area (Å²) in [4.78, 5) is 0. The van der Waals surface area contributed by atoms with Crippen LogP contribution in [0.3, 0.4) is 0 Å². The molecule has 0 atom stereocenters. The molecule has 0 unspecified atom stereocenters. The summed E-state index contributed by atoms with van der Waals surface area (Å²) in [5.74, 6) is 2.40. The Morgan fingerprint density at radius 1 is 0.960 bits per heavy atom. The van der Waals surface area contributed by atoms with Gasteiger partial charge in [-0.3, -0.25) is 0 Å². The van der Waals surface area contributed by atoms with E-state index in [2.05, 4.69) is 5.16 Å². The van der Waals surface area contributed by atoms with Gasteiger partial charge in [-0.15, -0.1) is 0 Å². The molecular formula is C19H19NO5. The number of hydrogen-bond acceptors (Lipinski definition) is 6. The number of aliphatic hydroxyl groups is 1. The van der Waals surface area contributed by atoms with Gasteiger partial charge < -0.3 is 23.8 Å². The molecule has 6 heteroatoms. The van der Waals surface area contributed by atoms with Gasteiger partial charge in [0.15, 0.2) is 5.76 Å². The average molecular weight is 341 g/mol. The Balaban J connectivity index is 2.12. The van der Waals surface area contributed by atoms with Gasteiger partial charge in [-0.25, -0.2) is 0 Å². The fourth-order valence-electron chi connectivity index (χ4n) is 2.65. The highest BCUT2D eigenvalue weighted by molar-refractivity contribution is 5.76. The summed E-state index contributed by atoms with van der Waals surface area (Å²) in [6.07, 6.45) is 0. The summed E-state index contributed by atoms with van der Waals surface area (Å²) in [6.45, 7) is -0.222. The maximum atomic E-state index is 9.90. The van der Waals surface area contributed by atoms with E-state index in [0.717, 1.165) is 5.56 Å². The van der Waals surface area contributed by atoms with E-state index in [-0.39, 0.29) is 6.61 Å². The zero-order chi connectivity index (χ0) is 17.8. The molecule has 3 aromatic rings. The topological polar surface area (TPSA) is 74.0 Å². The van der Waals surface area contributed by atoms with Crippen molar-refractivity contribution in [1.29, 1.82) is 0 Å². The molecule has 0 saturated carbocycles. The van der Waals surface area contributed by atoms with Crippen molar-refractivity contribution in [2.75, 3.05) is 21.3 Å². The third kappa shape index (κ3) is 3.16. The molecule has 0 saturated heterocycles.